The number of fused-ring (bicyclic) bond motifs is 16. The molecule has 0 aliphatic heterocycles. The average Bonchev–Trinajstić information content (AvgIpc) is 0.758. The van der Waals surface area contributed by atoms with Crippen molar-refractivity contribution < 1.29 is 42.6 Å². The first-order chi connectivity index (χ1) is 55.7. The molecule has 2 unspecified atom stereocenters. The summed E-state index contributed by atoms with van der Waals surface area (Å²) in [5, 5.41) is 62.4. The van der Waals surface area contributed by atoms with Crippen LogP contribution < -0.4 is 28.4 Å². The maximum atomic E-state index is 10.6. The highest BCUT2D eigenvalue weighted by atomic mass is 16.6. The van der Waals surface area contributed by atoms with Gasteiger partial charge in [-0.3, -0.25) is 0 Å². The van der Waals surface area contributed by atoms with Crippen LogP contribution in [0.1, 0.15) is 312 Å². The molecule has 10 rings (SSSR count). The predicted octanol–water partition coefficient (Wildman–Crippen LogP) is 22.6. The van der Waals surface area contributed by atoms with Gasteiger partial charge in [0.05, 0.1) is 26.4 Å². The van der Waals surface area contributed by atoms with Crippen molar-refractivity contribution >= 4 is 0 Å². The first-order valence-corrected chi connectivity index (χ1v) is 41.8. The summed E-state index contributed by atoms with van der Waals surface area (Å²) >= 11 is 0. The van der Waals surface area contributed by atoms with E-state index >= 15 is 0 Å². The highest BCUT2D eigenvalue weighted by Crippen LogP contribution is 2.49. The second-order valence-corrected chi connectivity index (χ2v) is 40.4. The van der Waals surface area contributed by atoms with Crippen molar-refractivity contribution in [3.63, 3.8) is 0 Å². The van der Waals surface area contributed by atoms with E-state index in [1.54, 1.807) is 0 Å². The number of hydrogen-bond donors (Lipinski definition) is 0. The molecule has 624 valence electrons. The largest absolute Gasteiger partial charge is 0.478 e. The van der Waals surface area contributed by atoms with Crippen LogP contribution in [0.2, 0.25) is 0 Å². The quantitative estimate of drug-likeness (QED) is 0.0647. The van der Waals surface area contributed by atoms with E-state index in [0.717, 1.165) is 134 Å². The monoisotopic (exact) mass is 1600 g/mol. The van der Waals surface area contributed by atoms with E-state index in [1.807, 2.05) is 0 Å². The molecule has 2 atom stereocenters. The van der Waals surface area contributed by atoms with Gasteiger partial charge in [0.25, 0.3) is 0 Å². The molecular weight excluding hydrogens is 1480 g/mol. The molecule has 0 heterocycles. The summed E-state index contributed by atoms with van der Waals surface area (Å²) in [6.07, 6.45) is 0.525. The van der Waals surface area contributed by atoms with Crippen molar-refractivity contribution in [1.29, 1.82) is 31.6 Å². The Morgan fingerprint density at radius 3 is 0.647 bits per heavy atom. The Morgan fingerprint density at radius 2 is 0.429 bits per heavy atom. The number of benzene rings is 8. The van der Waals surface area contributed by atoms with Gasteiger partial charge in [0, 0.05) is 49.7 Å². The number of hydrogen-bond acceptors (Lipinski definition) is 15. The van der Waals surface area contributed by atoms with Crippen LogP contribution in [0, 0.1) is 68.0 Å². The molecule has 2 aliphatic rings. The van der Waals surface area contributed by atoms with Gasteiger partial charge in [-0.25, -0.2) is 0 Å². The zero-order valence-electron chi connectivity index (χ0n) is 75.2. The van der Waals surface area contributed by atoms with Crippen LogP contribution in [0.25, 0.3) is 0 Å². The van der Waals surface area contributed by atoms with Gasteiger partial charge in [-0.05, 0) is 178 Å². The van der Waals surface area contributed by atoms with Crippen molar-refractivity contribution in [1.82, 2.24) is 0 Å². The lowest BCUT2D eigenvalue weighted by Crippen LogP contribution is -2.20. The van der Waals surface area contributed by atoms with Crippen molar-refractivity contribution in [3.8, 4) is 70.9 Å². The van der Waals surface area contributed by atoms with E-state index < -0.39 is 23.0 Å². The maximum Gasteiger partial charge on any atom is 0.174 e. The van der Waals surface area contributed by atoms with Crippen molar-refractivity contribution in [2.75, 3.05) is 66.1 Å². The molecule has 0 N–H and O–H groups in total. The third kappa shape index (κ3) is 22.3. The molecule has 15 heteroatoms. The average molecular weight is 1600 g/mol. The van der Waals surface area contributed by atoms with Gasteiger partial charge in [0.2, 0.25) is 0 Å². The second-order valence-electron chi connectivity index (χ2n) is 40.4. The fourth-order valence-electron chi connectivity index (χ4n) is 15.8. The van der Waals surface area contributed by atoms with E-state index in [9.17, 15) is 31.6 Å². The van der Waals surface area contributed by atoms with Crippen LogP contribution in [-0.2, 0) is 96.1 Å². The Hall–Kier alpha value is -10.6. The van der Waals surface area contributed by atoms with Crippen LogP contribution in [0.3, 0.4) is 0 Å². The number of nitrogens with zero attached hydrogens (tertiary/aromatic N) is 6. The molecule has 0 saturated heterocycles. The fraction of sp³-hybridized carbons (Fsp3) is 0.481. The summed E-state index contributed by atoms with van der Waals surface area (Å²) in [5.74, 6) is 3.39. The van der Waals surface area contributed by atoms with Crippen LogP contribution in [0.5, 0.6) is 34.5 Å². The topological polar surface area (TPSA) is 226 Å². The smallest absolute Gasteiger partial charge is 0.174 e. The molecule has 0 radical (unpaired) electrons. The van der Waals surface area contributed by atoms with Gasteiger partial charge in [-0.1, -0.05) is 263 Å². The highest BCUT2D eigenvalue weighted by Gasteiger charge is 2.36. The molecule has 119 heavy (non-hydrogen) atoms. The molecule has 8 aromatic rings. The van der Waals surface area contributed by atoms with E-state index in [-0.39, 0.29) is 111 Å². The van der Waals surface area contributed by atoms with E-state index in [4.69, 9.17) is 42.6 Å². The lowest BCUT2D eigenvalue weighted by atomic mass is 9.79. The summed E-state index contributed by atoms with van der Waals surface area (Å²) in [5.41, 5.74) is 19.3. The number of rotatable bonds is 20. The Morgan fingerprint density at radius 1 is 0.235 bits per heavy atom. The Kier molecular flexibility index (Phi) is 27.8. The summed E-state index contributed by atoms with van der Waals surface area (Å²) in [6.45, 7) is 51.9. The summed E-state index contributed by atoms with van der Waals surface area (Å²) < 4.78 is 62.3. The standard InChI is InChI=1S/C104H124N6O9/c1-97(2,3)79-45-65-41-67-51-81(99(7,8)9)55-71(89(67)112-31-25-105)47-73-57-83(101(13,14)15)59-75(91(73)114-33-27-107)49-77-61-85(103(19,20)21)63-87(95(77)116-35-29-109)93(69(43-65)53-79)118-39-37-111-38-40-119-94-70-44-66(46-80(54-70)98(4,5)6)42-68-52-82(100(10,11)12)56-72(90(68)113-32-26-106)48-74-58-84(102(16,17)18)60-76(92(74)115-34-28-108)50-78-62-86(104(22,23)24)64-88(94)96(78)117-36-30-110/h43-46,51-64,93-94H,31-42,47-50H2,1-24H3. The Labute approximate surface area is 710 Å². The van der Waals surface area contributed by atoms with Crippen molar-refractivity contribution in [2.24, 2.45) is 0 Å². The van der Waals surface area contributed by atoms with Crippen molar-refractivity contribution in [2.45, 2.75) is 260 Å². The van der Waals surface area contributed by atoms with Gasteiger partial charge in [0.15, 0.2) is 39.6 Å². The summed E-state index contributed by atoms with van der Waals surface area (Å²) in [7, 11) is 0. The normalized spacial score (nSPS) is 14.6. The van der Waals surface area contributed by atoms with Gasteiger partial charge in [-0.2, -0.15) is 31.6 Å². The summed E-state index contributed by atoms with van der Waals surface area (Å²) in [6, 6.07) is 53.4. The number of ether oxygens (including phenoxy) is 9. The molecular formula is C104H124N6O9. The third-order valence-corrected chi connectivity index (χ3v) is 22.5. The lowest BCUT2D eigenvalue weighted by Gasteiger charge is -2.30. The first-order valence-electron chi connectivity index (χ1n) is 41.8. The van der Waals surface area contributed by atoms with Crippen LogP contribution in [0.4, 0.5) is 0 Å². The van der Waals surface area contributed by atoms with E-state index in [0.29, 0.717) is 60.2 Å². The molecule has 0 amide bonds. The third-order valence-electron chi connectivity index (χ3n) is 22.5. The molecule has 15 nitrogen and oxygen atoms in total. The Bertz CT molecular complexity index is 5000. The molecule has 0 saturated carbocycles. The minimum absolute atomic E-state index is 0.0960. The molecule has 8 aromatic carbocycles. The van der Waals surface area contributed by atoms with Crippen LogP contribution in [-0.4, -0.2) is 66.1 Å². The first kappa shape index (κ1) is 90.7. The van der Waals surface area contributed by atoms with Crippen molar-refractivity contribution in [3.05, 3.63) is 243 Å². The molecule has 0 aromatic heterocycles. The molecule has 0 fully saturated rings. The minimum atomic E-state index is -0.818. The van der Waals surface area contributed by atoms with Crippen LogP contribution in [0.15, 0.2) is 109 Å². The molecule has 16 bridgehead atoms. The summed E-state index contributed by atoms with van der Waals surface area (Å²) in [4.78, 5) is 0. The zero-order valence-corrected chi connectivity index (χ0v) is 75.2. The predicted molar refractivity (Wildman–Crippen MR) is 471 cm³/mol. The van der Waals surface area contributed by atoms with E-state index in [2.05, 4.69) is 312 Å². The lowest BCUT2D eigenvalue weighted by molar-refractivity contribution is -0.0133. The van der Waals surface area contributed by atoms with Gasteiger partial charge in [-0.15, -0.1) is 0 Å². The highest BCUT2D eigenvalue weighted by molar-refractivity contribution is 5.62. The maximum absolute atomic E-state index is 10.6. The molecule has 2 aliphatic carbocycles. The van der Waals surface area contributed by atoms with Gasteiger partial charge < -0.3 is 42.6 Å². The SMILES string of the molecule is CC(C)(C)c1cc2cc(c1)C(OCCOCCOC1c3cc(cc(C(C)(C)C)c3)Cc3cc(C(C)(C)C)cc(c3OCC#N)Cc3cc(C(C)(C)C)cc(c3OCC#N)Cc3cc(C(C)(C)C)cc1c3OCC#N)c1cc(C(C)(C)C)cc(c1OCC#N)Cc1cc(C(C)(C)C)cc(c1OCC#N)Cc1cc(C(C)(C)C)cc(c1OCC#N)C2. The zero-order chi connectivity index (χ0) is 87.1. The Balaban J connectivity index is 1.15. The fourth-order valence-corrected chi connectivity index (χ4v) is 15.8. The second kappa shape index (κ2) is 36.5. The number of nitriles is 6. The van der Waals surface area contributed by atoms with Gasteiger partial charge in [0.1, 0.15) is 83.1 Å². The minimum Gasteiger partial charge on any atom is -0.478 e. The van der Waals surface area contributed by atoms with Gasteiger partial charge >= 0.3 is 0 Å². The van der Waals surface area contributed by atoms with E-state index in [1.165, 1.54) is 0 Å². The molecule has 0 spiro atoms. The van der Waals surface area contributed by atoms with Crippen LogP contribution >= 0.6 is 0 Å².